The Morgan fingerprint density at radius 2 is 1.58 bits per heavy atom. The zero-order valence-corrected chi connectivity index (χ0v) is 19.0. The molecule has 0 atom stereocenters. The molecule has 26 heavy (non-hydrogen) atoms. The maximum atomic E-state index is 12.5. The van der Waals surface area contributed by atoms with Gasteiger partial charge in [-0.15, -0.1) is 5.11 Å². The molecule has 122 valence electrons. The summed E-state index contributed by atoms with van der Waals surface area (Å²) >= 11 is 0. The van der Waals surface area contributed by atoms with Crippen LogP contribution in [0.4, 0.5) is 17.1 Å². The third kappa shape index (κ3) is 5.05. The number of fused-ring (bicyclic) bond motifs is 1. The van der Waals surface area contributed by atoms with Crippen molar-refractivity contribution in [2.45, 2.75) is 4.90 Å². The molecule has 0 aliphatic heterocycles. The number of anilines is 1. The minimum absolute atomic E-state index is 0. The van der Waals surface area contributed by atoms with Gasteiger partial charge in [-0.1, -0.05) is 30.0 Å². The molecule has 0 aromatic heterocycles. The number of azo groups is 1. The summed E-state index contributed by atoms with van der Waals surface area (Å²) in [5.74, 6) is -0.693. The summed E-state index contributed by atoms with van der Waals surface area (Å²) in [4.78, 5) is -0.717. The van der Waals surface area contributed by atoms with Crippen molar-refractivity contribution >= 4 is 38.0 Å². The molecule has 0 fully saturated rings. The van der Waals surface area contributed by atoms with Crippen molar-refractivity contribution in [3.63, 3.8) is 0 Å². The van der Waals surface area contributed by atoms with Crippen LogP contribution in [0, 0.1) is 0 Å². The summed E-state index contributed by atoms with van der Waals surface area (Å²) in [6, 6.07) is 13.9. The maximum Gasteiger partial charge on any atom is 1.00 e. The topological polar surface area (TPSA) is 131 Å². The van der Waals surface area contributed by atoms with E-state index in [0.29, 0.717) is 11.4 Å². The molecule has 0 spiro atoms. The molecule has 0 saturated heterocycles. The smallest absolute Gasteiger partial charge is 0.871 e. The first-order valence-corrected chi connectivity index (χ1v) is 8.23. The van der Waals surface area contributed by atoms with Gasteiger partial charge in [-0.05, 0) is 41.1 Å². The Balaban J connectivity index is 0.00000169. The van der Waals surface area contributed by atoms with Gasteiger partial charge in [0.25, 0.3) is 0 Å². The minimum atomic E-state index is -4.91. The monoisotopic (exact) mass is 387 g/mol. The van der Waals surface area contributed by atoms with E-state index >= 15 is 0 Å². The molecular formula is C16H11N3Na2O4S. The van der Waals surface area contributed by atoms with Gasteiger partial charge in [0.2, 0.25) is 0 Å². The molecule has 0 aliphatic carbocycles. The van der Waals surface area contributed by atoms with Crippen molar-refractivity contribution in [1.82, 2.24) is 0 Å². The van der Waals surface area contributed by atoms with Crippen LogP contribution in [0.25, 0.3) is 10.8 Å². The van der Waals surface area contributed by atoms with Crippen LogP contribution in [-0.4, -0.2) is 13.0 Å². The second kappa shape index (κ2) is 9.29. The number of benzene rings is 3. The summed E-state index contributed by atoms with van der Waals surface area (Å²) in [6.07, 6.45) is 0. The van der Waals surface area contributed by atoms with Gasteiger partial charge in [-0.25, -0.2) is 8.42 Å². The molecular weight excluding hydrogens is 376 g/mol. The second-order valence-corrected chi connectivity index (χ2v) is 6.37. The molecule has 0 aliphatic rings. The van der Waals surface area contributed by atoms with Crippen LogP contribution in [0.5, 0.6) is 5.75 Å². The van der Waals surface area contributed by atoms with Crippen LogP contribution in [0.15, 0.2) is 69.7 Å². The third-order valence-electron chi connectivity index (χ3n) is 3.35. The number of nitrogens with two attached hydrogens (primary N) is 1. The van der Waals surface area contributed by atoms with Crippen molar-refractivity contribution in [1.29, 1.82) is 0 Å². The van der Waals surface area contributed by atoms with E-state index in [1.165, 1.54) is 18.2 Å². The van der Waals surface area contributed by atoms with E-state index in [4.69, 9.17) is 5.73 Å². The fourth-order valence-electron chi connectivity index (χ4n) is 2.24. The van der Waals surface area contributed by atoms with Gasteiger partial charge in [-0.3, -0.25) is 0 Å². The maximum absolute atomic E-state index is 12.5. The van der Waals surface area contributed by atoms with Crippen molar-refractivity contribution in [2.75, 3.05) is 5.73 Å². The quantitative estimate of drug-likeness (QED) is 0.219. The molecule has 0 saturated carbocycles. The van der Waals surface area contributed by atoms with Crippen LogP contribution in [0.2, 0.25) is 0 Å². The summed E-state index contributed by atoms with van der Waals surface area (Å²) in [5, 5.41) is 20.5. The molecule has 0 unspecified atom stereocenters. The zero-order valence-electron chi connectivity index (χ0n) is 14.2. The Labute approximate surface area is 194 Å². The van der Waals surface area contributed by atoms with Crippen LogP contribution >= 0.6 is 0 Å². The van der Waals surface area contributed by atoms with Crippen LogP contribution in [0.1, 0.15) is 0 Å². The number of nitrogen functional groups attached to an aromatic ring is 1. The Morgan fingerprint density at radius 3 is 2.19 bits per heavy atom. The van der Waals surface area contributed by atoms with Crippen LogP contribution in [-0.2, 0) is 10.1 Å². The van der Waals surface area contributed by atoms with E-state index in [1.807, 2.05) is 0 Å². The molecule has 0 heterocycles. The third-order valence-corrected chi connectivity index (χ3v) is 4.20. The standard InChI is InChI=1S/C16H13N3O4S.2Na/c17-11-6-7-13-10(8-11)9-14(24(21,22)23)15(16(13)20)19-18-12-4-2-1-3-5-12;;/h1-9,20H,17H2,(H,21,22,23);;/q;2*+1/p-2. The Bertz CT molecular complexity index is 1060. The Kier molecular flexibility index (Phi) is 8.25. The molecule has 0 radical (unpaired) electrons. The van der Waals surface area contributed by atoms with Gasteiger partial charge in [0.15, 0.2) is 0 Å². The minimum Gasteiger partial charge on any atom is -0.871 e. The van der Waals surface area contributed by atoms with E-state index in [-0.39, 0.29) is 69.9 Å². The Hall–Kier alpha value is -0.970. The molecule has 10 heteroatoms. The van der Waals surface area contributed by atoms with Crippen LogP contribution in [0.3, 0.4) is 0 Å². The first kappa shape index (κ1) is 23.1. The van der Waals surface area contributed by atoms with Gasteiger partial charge < -0.3 is 15.4 Å². The molecule has 3 rings (SSSR count). The summed E-state index contributed by atoms with van der Waals surface area (Å²) in [7, 11) is -4.91. The van der Waals surface area contributed by atoms with Crippen molar-refractivity contribution in [3.8, 4) is 5.75 Å². The van der Waals surface area contributed by atoms with Crippen molar-refractivity contribution in [2.24, 2.45) is 10.2 Å². The Morgan fingerprint density at radius 1 is 0.923 bits per heavy atom. The molecule has 3 aromatic carbocycles. The molecule has 7 nitrogen and oxygen atoms in total. The summed E-state index contributed by atoms with van der Waals surface area (Å²) in [5.41, 5.74) is 5.89. The van der Waals surface area contributed by atoms with E-state index in [9.17, 15) is 18.1 Å². The number of nitrogens with zero attached hydrogens (tertiary/aromatic N) is 2. The van der Waals surface area contributed by atoms with E-state index in [0.717, 1.165) is 6.07 Å². The van der Waals surface area contributed by atoms with Gasteiger partial charge >= 0.3 is 59.1 Å². The molecule has 0 bridgehead atoms. The zero-order chi connectivity index (χ0) is 17.3. The largest absolute Gasteiger partial charge is 1.00 e. The van der Waals surface area contributed by atoms with E-state index < -0.39 is 26.5 Å². The van der Waals surface area contributed by atoms with E-state index in [2.05, 4.69) is 10.2 Å². The normalized spacial score (nSPS) is 11.1. The van der Waals surface area contributed by atoms with Crippen molar-refractivity contribution in [3.05, 3.63) is 54.6 Å². The van der Waals surface area contributed by atoms with Gasteiger partial charge in [0, 0.05) is 5.69 Å². The predicted octanol–water partition coefficient (Wildman–Crippen LogP) is -3.18. The first-order chi connectivity index (χ1) is 11.4. The number of hydrogen-bond acceptors (Lipinski definition) is 7. The van der Waals surface area contributed by atoms with Crippen molar-refractivity contribution < 1.29 is 77.2 Å². The average Bonchev–Trinajstić information content (AvgIpc) is 2.53. The van der Waals surface area contributed by atoms with Crippen LogP contribution < -0.4 is 70.0 Å². The van der Waals surface area contributed by atoms with Gasteiger partial charge in [0.05, 0.1) is 16.3 Å². The SMILES string of the molecule is Nc1ccc2c([O-])c(N=Nc3ccccc3)c(S(=O)(=O)[O-])cc2c1.[Na+].[Na+]. The molecule has 2 N–H and O–H groups in total. The molecule has 3 aromatic rings. The summed E-state index contributed by atoms with van der Waals surface area (Å²) < 4.78 is 34.6. The summed E-state index contributed by atoms with van der Waals surface area (Å²) in [6.45, 7) is 0. The van der Waals surface area contributed by atoms with Gasteiger partial charge in [0.1, 0.15) is 10.1 Å². The van der Waals surface area contributed by atoms with Gasteiger partial charge in [-0.2, -0.15) is 5.11 Å². The average molecular weight is 387 g/mol. The van der Waals surface area contributed by atoms with E-state index in [1.54, 1.807) is 30.3 Å². The number of hydrogen-bond donors (Lipinski definition) is 1. The second-order valence-electron chi connectivity index (χ2n) is 5.02. The number of rotatable bonds is 3. The predicted molar refractivity (Wildman–Crippen MR) is 86.4 cm³/mol. The fraction of sp³-hybridized carbons (Fsp3) is 0. The fourth-order valence-corrected chi connectivity index (χ4v) is 2.89. The molecule has 0 amide bonds. The first-order valence-electron chi connectivity index (χ1n) is 6.82.